The van der Waals surface area contributed by atoms with Gasteiger partial charge in [0.15, 0.2) is 5.78 Å². The summed E-state index contributed by atoms with van der Waals surface area (Å²) in [5.41, 5.74) is 2.10. The molecule has 0 aliphatic carbocycles. The van der Waals surface area contributed by atoms with E-state index in [1.807, 2.05) is 60.7 Å². The summed E-state index contributed by atoms with van der Waals surface area (Å²) in [4.78, 5) is 23.1. The lowest BCUT2D eigenvalue weighted by Gasteiger charge is -2.18. The first kappa shape index (κ1) is 16.4. The van der Waals surface area contributed by atoms with Crippen molar-refractivity contribution in [2.24, 2.45) is 0 Å². The Morgan fingerprint density at radius 3 is 2.09 bits per heavy atom. The zero-order valence-corrected chi connectivity index (χ0v) is 12.9. The van der Waals surface area contributed by atoms with Crippen molar-refractivity contribution in [1.82, 2.24) is 5.32 Å². The molecule has 114 valence electrons. The van der Waals surface area contributed by atoms with E-state index in [4.69, 9.17) is 11.6 Å². The normalized spacial score (nSPS) is 13.3. The summed E-state index contributed by atoms with van der Waals surface area (Å²) >= 11 is 5.80. The van der Waals surface area contributed by atoms with Gasteiger partial charge in [-0.05, 0) is 17.5 Å². The molecule has 0 saturated heterocycles. The van der Waals surface area contributed by atoms with E-state index in [9.17, 15) is 9.59 Å². The van der Waals surface area contributed by atoms with E-state index in [1.54, 1.807) is 0 Å². The molecular formula is C18H18ClNO2. The quantitative estimate of drug-likeness (QED) is 0.463. The minimum absolute atomic E-state index is 0.295. The van der Waals surface area contributed by atoms with Gasteiger partial charge in [0.2, 0.25) is 0 Å². The van der Waals surface area contributed by atoms with Gasteiger partial charge in [0.1, 0.15) is 11.7 Å². The Labute approximate surface area is 135 Å². The maximum Gasteiger partial charge on any atom is 0.175 e. The highest BCUT2D eigenvalue weighted by Gasteiger charge is 2.25. The fourth-order valence-corrected chi connectivity index (χ4v) is 2.37. The van der Waals surface area contributed by atoms with Crippen LogP contribution in [0.25, 0.3) is 0 Å². The van der Waals surface area contributed by atoms with Crippen molar-refractivity contribution >= 4 is 23.7 Å². The third-order valence-electron chi connectivity index (χ3n) is 3.41. The minimum atomic E-state index is -1.11. The average Bonchev–Trinajstić information content (AvgIpc) is 2.59. The number of ketones is 1. The molecule has 2 atom stereocenters. The van der Waals surface area contributed by atoms with Gasteiger partial charge in [-0.25, -0.2) is 0 Å². The number of hydrogen-bond acceptors (Lipinski definition) is 3. The van der Waals surface area contributed by atoms with Crippen LogP contribution < -0.4 is 5.32 Å². The van der Waals surface area contributed by atoms with Gasteiger partial charge in [-0.15, -0.1) is 11.6 Å². The molecule has 2 aromatic rings. The van der Waals surface area contributed by atoms with E-state index in [0.29, 0.717) is 19.3 Å². The predicted octanol–water partition coefficient (Wildman–Crippen LogP) is 2.76. The molecule has 0 aromatic heterocycles. The number of carbonyl (C=O) groups excluding carboxylic acids is 2. The van der Waals surface area contributed by atoms with Crippen LogP contribution in [0.2, 0.25) is 0 Å². The second-order valence-electron chi connectivity index (χ2n) is 5.05. The maximum atomic E-state index is 12.3. The van der Waals surface area contributed by atoms with Crippen LogP contribution >= 0.6 is 11.6 Å². The van der Waals surface area contributed by atoms with Crippen LogP contribution in [0.15, 0.2) is 60.7 Å². The number of hydrogen-bond donors (Lipinski definition) is 1. The van der Waals surface area contributed by atoms with E-state index < -0.39 is 11.4 Å². The molecule has 0 amide bonds. The molecule has 22 heavy (non-hydrogen) atoms. The summed E-state index contributed by atoms with van der Waals surface area (Å²) in [5.74, 6) is -0.295. The molecule has 0 aliphatic rings. The summed E-state index contributed by atoms with van der Waals surface area (Å²) in [7, 11) is 0. The number of carbonyl (C=O) groups is 2. The predicted molar refractivity (Wildman–Crippen MR) is 87.9 cm³/mol. The van der Waals surface area contributed by atoms with Crippen LogP contribution in [0.3, 0.4) is 0 Å². The lowest BCUT2D eigenvalue weighted by atomic mass is 10.0. The number of halogens is 1. The van der Waals surface area contributed by atoms with Crippen LogP contribution in [0.5, 0.6) is 0 Å². The molecule has 0 heterocycles. The molecule has 0 fully saturated rings. The minimum Gasteiger partial charge on any atom is -0.303 e. The highest BCUT2D eigenvalue weighted by Crippen LogP contribution is 2.09. The van der Waals surface area contributed by atoms with Crippen molar-refractivity contribution in [3.05, 3.63) is 71.8 Å². The van der Waals surface area contributed by atoms with Gasteiger partial charge in [0, 0.05) is 6.54 Å². The Morgan fingerprint density at radius 2 is 1.55 bits per heavy atom. The summed E-state index contributed by atoms with van der Waals surface area (Å²) < 4.78 is 0. The Hall–Kier alpha value is -1.97. The molecule has 1 unspecified atom stereocenters. The average molecular weight is 316 g/mol. The number of benzene rings is 2. The zero-order valence-electron chi connectivity index (χ0n) is 12.1. The van der Waals surface area contributed by atoms with E-state index in [-0.39, 0.29) is 5.78 Å². The maximum absolute atomic E-state index is 12.3. The molecule has 0 bridgehead atoms. The molecule has 0 radical (unpaired) electrons. The summed E-state index contributed by atoms with van der Waals surface area (Å²) in [6, 6.07) is 19.0. The Kier molecular flexibility index (Phi) is 6.31. The zero-order chi connectivity index (χ0) is 15.8. The number of rotatable bonds is 8. The van der Waals surface area contributed by atoms with E-state index in [2.05, 4.69) is 5.32 Å². The van der Waals surface area contributed by atoms with Crippen molar-refractivity contribution in [3.8, 4) is 0 Å². The molecule has 2 rings (SSSR count). The first-order valence-electron chi connectivity index (χ1n) is 7.15. The second kappa shape index (κ2) is 8.47. The van der Waals surface area contributed by atoms with Crippen LogP contribution in [-0.4, -0.2) is 23.5 Å². The third-order valence-corrected chi connectivity index (χ3v) is 3.73. The number of aldehydes is 1. The monoisotopic (exact) mass is 315 g/mol. The van der Waals surface area contributed by atoms with Crippen LogP contribution in [0, 0.1) is 0 Å². The molecule has 3 nitrogen and oxygen atoms in total. The van der Waals surface area contributed by atoms with Gasteiger partial charge in [-0.2, -0.15) is 0 Å². The lowest BCUT2D eigenvalue weighted by molar-refractivity contribution is -0.123. The standard InChI is InChI=1S/C18H18ClNO2/c19-16(13-21)18(22)17(11-14-7-3-1-4-8-14)20-12-15-9-5-2-6-10-15/h1-10,13,16-17,20H,11-12H2/t16?,17-/m0/s1. The lowest BCUT2D eigenvalue weighted by Crippen LogP contribution is -2.42. The van der Waals surface area contributed by atoms with Crippen molar-refractivity contribution < 1.29 is 9.59 Å². The van der Waals surface area contributed by atoms with Gasteiger partial charge in [0.05, 0.1) is 6.04 Å². The first-order valence-corrected chi connectivity index (χ1v) is 7.58. The highest BCUT2D eigenvalue weighted by atomic mass is 35.5. The van der Waals surface area contributed by atoms with Gasteiger partial charge in [-0.1, -0.05) is 60.7 Å². The van der Waals surface area contributed by atoms with Gasteiger partial charge in [0.25, 0.3) is 0 Å². The number of alkyl halides is 1. The smallest absolute Gasteiger partial charge is 0.175 e. The Bertz CT molecular complexity index is 601. The number of nitrogens with one attached hydrogen (secondary N) is 1. The fourth-order valence-electron chi connectivity index (χ4n) is 2.22. The largest absolute Gasteiger partial charge is 0.303 e. The second-order valence-corrected chi connectivity index (χ2v) is 5.52. The topological polar surface area (TPSA) is 46.2 Å². The van der Waals surface area contributed by atoms with Crippen LogP contribution in [0.1, 0.15) is 11.1 Å². The van der Waals surface area contributed by atoms with Gasteiger partial charge >= 0.3 is 0 Å². The van der Waals surface area contributed by atoms with E-state index in [1.165, 1.54) is 0 Å². The molecule has 0 spiro atoms. The fraction of sp³-hybridized carbons (Fsp3) is 0.222. The number of Topliss-reactive ketones (excluding diaryl/α,β-unsaturated/α-hetero) is 1. The first-order chi connectivity index (χ1) is 10.7. The summed E-state index contributed by atoms with van der Waals surface area (Å²) in [5, 5.41) is 2.09. The van der Waals surface area contributed by atoms with Gasteiger partial charge in [-0.3, -0.25) is 4.79 Å². The molecular weight excluding hydrogens is 298 g/mol. The van der Waals surface area contributed by atoms with E-state index >= 15 is 0 Å². The highest BCUT2D eigenvalue weighted by molar-refractivity contribution is 6.39. The van der Waals surface area contributed by atoms with Crippen molar-refractivity contribution in [2.75, 3.05) is 0 Å². The van der Waals surface area contributed by atoms with Crippen molar-refractivity contribution in [3.63, 3.8) is 0 Å². The third kappa shape index (κ3) is 4.79. The van der Waals surface area contributed by atoms with Crippen LogP contribution in [0.4, 0.5) is 0 Å². The van der Waals surface area contributed by atoms with E-state index in [0.717, 1.165) is 11.1 Å². The van der Waals surface area contributed by atoms with Crippen molar-refractivity contribution in [1.29, 1.82) is 0 Å². The Balaban J connectivity index is 2.07. The molecule has 2 aromatic carbocycles. The SMILES string of the molecule is O=CC(Cl)C(=O)[C@H](Cc1ccccc1)NCc1ccccc1. The van der Waals surface area contributed by atoms with Crippen LogP contribution in [-0.2, 0) is 22.6 Å². The molecule has 1 N–H and O–H groups in total. The summed E-state index contributed by atoms with van der Waals surface area (Å²) in [6.45, 7) is 0.548. The summed E-state index contributed by atoms with van der Waals surface area (Å²) in [6.07, 6.45) is 0.982. The van der Waals surface area contributed by atoms with Crippen molar-refractivity contribution in [2.45, 2.75) is 24.4 Å². The Morgan fingerprint density at radius 1 is 1.00 bits per heavy atom. The molecule has 4 heteroatoms. The van der Waals surface area contributed by atoms with Gasteiger partial charge < -0.3 is 10.1 Å². The molecule has 0 aliphatic heterocycles. The molecule has 0 saturated carbocycles.